The summed E-state index contributed by atoms with van der Waals surface area (Å²) in [6.07, 6.45) is 9.50. The van der Waals surface area contributed by atoms with E-state index in [2.05, 4.69) is 73.2 Å². The molecule has 1 heterocycles. The summed E-state index contributed by atoms with van der Waals surface area (Å²) in [5.74, 6) is 0.820. The van der Waals surface area contributed by atoms with Gasteiger partial charge in [0.25, 0.3) is 0 Å². The Labute approximate surface area is 183 Å². The zero-order valence-electron chi connectivity index (χ0n) is 17.7. The van der Waals surface area contributed by atoms with Gasteiger partial charge in [-0.1, -0.05) is 68.3 Å². The predicted octanol–water partition coefficient (Wildman–Crippen LogP) is 8.86. The average molecular weight is 404 g/mol. The number of rotatable bonds is 7. The molecule has 0 N–H and O–H groups in total. The molecule has 0 radical (unpaired) electrons. The molecule has 2 nitrogen and oxygen atoms in total. The molecule has 0 unspecified atom stereocenters. The fourth-order valence-corrected chi connectivity index (χ4v) is 3.84. The number of fused-ring (bicyclic) bond motifs is 1. The van der Waals surface area contributed by atoms with Crippen LogP contribution in [0.5, 0.6) is 0 Å². The second-order valence-corrected chi connectivity index (χ2v) is 7.16. The predicted molar refractivity (Wildman–Crippen MR) is 136 cm³/mol. The summed E-state index contributed by atoms with van der Waals surface area (Å²) in [4.78, 5) is 2.21. The van der Waals surface area contributed by atoms with Gasteiger partial charge in [0.2, 0.25) is 0 Å². The van der Waals surface area contributed by atoms with E-state index in [4.69, 9.17) is 4.42 Å². The van der Waals surface area contributed by atoms with Crippen molar-refractivity contribution in [2.75, 3.05) is 4.90 Å². The van der Waals surface area contributed by atoms with Crippen LogP contribution in [0.15, 0.2) is 97.0 Å². The van der Waals surface area contributed by atoms with Gasteiger partial charge in [0, 0.05) is 34.1 Å². The minimum Gasteiger partial charge on any atom is -0.456 e. The number of benzene rings is 3. The second-order valence-electron chi connectivity index (χ2n) is 7.16. The molecule has 152 valence electrons. The number of furan rings is 1. The van der Waals surface area contributed by atoms with Crippen molar-refractivity contribution < 1.29 is 4.42 Å². The lowest BCUT2D eigenvalue weighted by Gasteiger charge is -2.26. The van der Waals surface area contributed by atoms with Crippen LogP contribution in [0, 0.1) is 0 Å². The van der Waals surface area contributed by atoms with Gasteiger partial charge in [0.1, 0.15) is 11.3 Å². The van der Waals surface area contributed by atoms with E-state index in [0.717, 1.165) is 50.5 Å². The van der Waals surface area contributed by atoms with Crippen molar-refractivity contribution in [3.8, 4) is 0 Å². The van der Waals surface area contributed by atoms with Crippen molar-refractivity contribution in [1.82, 2.24) is 0 Å². The van der Waals surface area contributed by atoms with Crippen LogP contribution in [-0.2, 0) is 0 Å². The molecule has 1 aromatic heterocycles. The van der Waals surface area contributed by atoms with Crippen LogP contribution >= 0.6 is 0 Å². The Morgan fingerprint density at radius 1 is 0.742 bits per heavy atom. The topological polar surface area (TPSA) is 16.4 Å². The molecular formula is C29H25NO. The van der Waals surface area contributed by atoms with Crippen molar-refractivity contribution in [2.24, 2.45) is 0 Å². The van der Waals surface area contributed by atoms with Gasteiger partial charge in [-0.3, -0.25) is 0 Å². The Morgan fingerprint density at radius 3 is 2.13 bits per heavy atom. The Morgan fingerprint density at radius 2 is 1.45 bits per heavy atom. The highest BCUT2D eigenvalue weighted by Gasteiger charge is 2.16. The molecule has 4 rings (SSSR count). The third-order valence-corrected chi connectivity index (χ3v) is 5.30. The van der Waals surface area contributed by atoms with E-state index in [9.17, 15) is 0 Å². The zero-order valence-corrected chi connectivity index (χ0v) is 17.7. The summed E-state index contributed by atoms with van der Waals surface area (Å²) in [5, 5.41) is 1.05. The van der Waals surface area contributed by atoms with Gasteiger partial charge in [0.05, 0.1) is 0 Å². The summed E-state index contributed by atoms with van der Waals surface area (Å²) in [6, 6.07) is 22.9. The lowest BCUT2D eigenvalue weighted by Crippen LogP contribution is -2.10. The first kappa shape index (κ1) is 20.2. The number of nitrogens with zero attached hydrogens (tertiary/aromatic N) is 1. The standard InChI is InChI=1S/C29H25NO/c1-5-12-28-26(8-4)27-18-17-25(20-29(27)31-28)30(23-13-10-9-11-14-23)24-16-15-21(6-2)22(7-3)19-24/h5-20H,2-4H2,1H3/b12-5-. The smallest absolute Gasteiger partial charge is 0.137 e. The minimum atomic E-state index is 0.820. The number of hydrogen-bond acceptors (Lipinski definition) is 2. The van der Waals surface area contributed by atoms with Gasteiger partial charge in [-0.2, -0.15) is 0 Å². The molecule has 3 aromatic carbocycles. The summed E-state index contributed by atoms with van der Waals surface area (Å²) < 4.78 is 6.16. The molecule has 31 heavy (non-hydrogen) atoms. The van der Waals surface area contributed by atoms with Gasteiger partial charge in [0.15, 0.2) is 0 Å². The first-order valence-electron chi connectivity index (χ1n) is 10.3. The van der Waals surface area contributed by atoms with Crippen molar-refractivity contribution in [3.05, 3.63) is 115 Å². The second kappa shape index (κ2) is 8.76. The fraction of sp³-hybridized carbons (Fsp3) is 0.0345. The highest BCUT2D eigenvalue weighted by atomic mass is 16.3. The van der Waals surface area contributed by atoms with Crippen LogP contribution in [0.1, 0.15) is 29.4 Å². The third kappa shape index (κ3) is 3.76. The molecule has 0 aliphatic rings. The molecule has 0 atom stereocenters. The van der Waals surface area contributed by atoms with Gasteiger partial charge in [-0.15, -0.1) is 0 Å². The van der Waals surface area contributed by atoms with E-state index in [-0.39, 0.29) is 0 Å². The van der Waals surface area contributed by atoms with Crippen molar-refractivity contribution in [1.29, 1.82) is 0 Å². The summed E-state index contributed by atoms with van der Waals surface area (Å²) in [5.41, 5.74) is 7.04. The van der Waals surface area contributed by atoms with Crippen LogP contribution in [0.2, 0.25) is 0 Å². The molecule has 0 fully saturated rings. The lowest BCUT2D eigenvalue weighted by atomic mass is 10.0. The first-order chi connectivity index (χ1) is 15.2. The monoisotopic (exact) mass is 403 g/mol. The maximum atomic E-state index is 6.16. The molecule has 0 aliphatic heterocycles. The Balaban J connectivity index is 1.92. The van der Waals surface area contributed by atoms with Gasteiger partial charge < -0.3 is 9.32 Å². The largest absolute Gasteiger partial charge is 0.456 e. The van der Waals surface area contributed by atoms with Crippen LogP contribution in [-0.4, -0.2) is 0 Å². The number of allylic oxidation sites excluding steroid dienone is 1. The van der Waals surface area contributed by atoms with Crippen LogP contribution < -0.4 is 4.90 Å². The van der Waals surface area contributed by atoms with E-state index >= 15 is 0 Å². The third-order valence-electron chi connectivity index (χ3n) is 5.30. The summed E-state index contributed by atoms with van der Waals surface area (Å²) in [6.45, 7) is 13.8. The molecule has 0 bridgehead atoms. The van der Waals surface area contributed by atoms with E-state index in [1.54, 1.807) is 0 Å². The minimum absolute atomic E-state index is 0.820. The molecule has 2 heteroatoms. The molecule has 0 saturated heterocycles. The number of anilines is 3. The Bertz CT molecular complexity index is 1290. The van der Waals surface area contributed by atoms with E-state index in [1.807, 2.05) is 55.5 Å². The quantitative estimate of drug-likeness (QED) is 0.306. The van der Waals surface area contributed by atoms with Crippen molar-refractivity contribution >= 4 is 52.3 Å². The van der Waals surface area contributed by atoms with Crippen molar-refractivity contribution in [2.45, 2.75) is 6.92 Å². The molecule has 0 aliphatic carbocycles. The Kier molecular flexibility index (Phi) is 5.72. The van der Waals surface area contributed by atoms with Crippen LogP contribution in [0.3, 0.4) is 0 Å². The SMILES string of the molecule is C=Cc1ccc(N(c2ccccc2)c2ccc3c(C=C)c(/C=C\C)oc3c2)cc1C=C. The van der Waals surface area contributed by atoms with Gasteiger partial charge in [-0.25, -0.2) is 0 Å². The van der Waals surface area contributed by atoms with Crippen molar-refractivity contribution in [3.63, 3.8) is 0 Å². The van der Waals surface area contributed by atoms with Crippen LogP contribution in [0.25, 0.3) is 35.3 Å². The van der Waals surface area contributed by atoms with E-state index < -0.39 is 0 Å². The first-order valence-corrected chi connectivity index (χ1v) is 10.3. The Hall–Kier alpha value is -4.04. The van der Waals surface area contributed by atoms with E-state index in [1.165, 1.54) is 0 Å². The maximum Gasteiger partial charge on any atom is 0.137 e. The molecular weight excluding hydrogens is 378 g/mol. The molecule has 0 amide bonds. The highest BCUT2D eigenvalue weighted by molar-refractivity contribution is 5.94. The van der Waals surface area contributed by atoms with Gasteiger partial charge >= 0.3 is 0 Å². The lowest BCUT2D eigenvalue weighted by molar-refractivity contribution is 0.603. The molecule has 4 aromatic rings. The normalized spacial score (nSPS) is 11.0. The summed E-state index contributed by atoms with van der Waals surface area (Å²) >= 11 is 0. The van der Waals surface area contributed by atoms with Gasteiger partial charge in [-0.05, 0) is 60.5 Å². The number of para-hydroxylation sites is 1. The average Bonchev–Trinajstić information content (AvgIpc) is 3.16. The molecule has 0 saturated carbocycles. The molecule has 0 spiro atoms. The fourth-order valence-electron chi connectivity index (χ4n) is 3.84. The van der Waals surface area contributed by atoms with Crippen LogP contribution in [0.4, 0.5) is 17.1 Å². The summed E-state index contributed by atoms with van der Waals surface area (Å²) in [7, 11) is 0. The maximum absolute atomic E-state index is 6.16. The van der Waals surface area contributed by atoms with E-state index in [0.29, 0.717) is 0 Å². The highest BCUT2D eigenvalue weighted by Crippen LogP contribution is 2.38. The zero-order chi connectivity index (χ0) is 21.8. The number of hydrogen-bond donors (Lipinski definition) is 0.